The summed E-state index contributed by atoms with van der Waals surface area (Å²) in [6.45, 7) is 3.17. The number of aromatic nitrogens is 1. The Bertz CT molecular complexity index is 931. The van der Waals surface area contributed by atoms with E-state index in [0.29, 0.717) is 5.92 Å². The van der Waals surface area contributed by atoms with Crippen molar-refractivity contribution in [3.63, 3.8) is 0 Å². The Morgan fingerprint density at radius 3 is 2.64 bits per heavy atom. The van der Waals surface area contributed by atoms with Crippen LogP contribution in [0.25, 0.3) is 11.1 Å². The van der Waals surface area contributed by atoms with Crippen LogP contribution in [-0.4, -0.2) is 41.1 Å². The van der Waals surface area contributed by atoms with Gasteiger partial charge in [0.1, 0.15) is 0 Å². The molecule has 28 heavy (non-hydrogen) atoms. The van der Waals surface area contributed by atoms with E-state index in [1.807, 2.05) is 34.9 Å². The van der Waals surface area contributed by atoms with E-state index in [1.54, 1.807) is 6.07 Å². The molecule has 3 aliphatic rings. The normalized spacial score (nSPS) is 26.6. The topological polar surface area (TPSA) is 54.3 Å². The zero-order chi connectivity index (χ0) is 19.1. The summed E-state index contributed by atoms with van der Waals surface area (Å²) in [5.74, 6) is 0.875. The van der Waals surface area contributed by atoms with Crippen LogP contribution in [0.3, 0.4) is 0 Å². The third kappa shape index (κ3) is 3.18. The zero-order valence-corrected chi connectivity index (χ0v) is 16.1. The van der Waals surface area contributed by atoms with Gasteiger partial charge in [-0.15, -0.1) is 0 Å². The van der Waals surface area contributed by atoms with Gasteiger partial charge in [-0.05, 0) is 48.9 Å². The lowest BCUT2D eigenvalue weighted by atomic mass is 9.82. The van der Waals surface area contributed by atoms with Crippen molar-refractivity contribution in [3.05, 3.63) is 58.5 Å². The first-order chi connectivity index (χ1) is 13.7. The molecule has 1 N–H and O–H groups in total. The average molecular weight is 377 g/mol. The van der Waals surface area contributed by atoms with Crippen LogP contribution in [0, 0.1) is 5.92 Å². The van der Waals surface area contributed by atoms with Gasteiger partial charge in [-0.3, -0.25) is 9.59 Å². The fraction of sp³-hybridized carbons (Fsp3) is 0.478. The first-order valence-corrected chi connectivity index (χ1v) is 10.5. The van der Waals surface area contributed by atoms with Gasteiger partial charge in [-0.25, -0.2) is 0 Å². The Morgan fingerprint density at radius 1 is 1.00 bits per heavy atom. The van der Waals surface area contributed by atoms with Gasteiger partial charge in [0.15, 0.2) is 0 Å². The Hall–Kier alpha value is -2.40. The average Bonchev–Trinajstić information content (AvgIpc) is 2.75. The number of rotatable bonds is 2. The van der Waals surface area contributed by atoms with Crippen LogP contribution >= 0.6 is 0 Å². The van der Waals surface area contributed by atoms with E-state index >= 15 is 0 Å². The van der Waals surface area contributed by atoms with Gasteiger partial charge < -0.3 is 14.8 Å². The number of likely N-dealkylation sites (tertiary alicyclic amines) is 1. The van der Waals surface area contributed by atoms with Crippen LogP contribution in [0.4, 0.5) is 0 Å². The molecule has 5 heteroatoms. The van der Waals surface area contributed by atoms with Gasteiger partial charge in [-0.2, -0.15) is 0 Å². The molecular weight excluding hydrogens is 350 g/mol. The fourth-order valence-corrected chi connectivity index (χ4v) is 5.22. The number of carbonyl (C=O) groups is 1. The summed E-state index contributed by atoms with van der Waals surface area (Å²) in [6, 6.07) is 14.0. The highest BCUT2D eigenvalue weighted by atomic mass is 16.2. The fourth-order valence-electron chi connectivity index (χ4n) is 5.22. The number of amides is 1. The number of piperidine rings is 2. The number of carbonyl (C=O) groups excluding carboxylic acids is 1. The lowest BCUT2D eigenvalue weighted by molar-refractivity contribution is -0.136. The molecule has 3 aliphatic heterocycles. The molecule has 1 aromatic heterocycles. The third-order valence-electron chi connectivity index (χ3n) is 6.58. The van der Waals surface area contributed by atoms with Gasteiger partial charge >= 0.3 is 0 Å². The number of hydrogen-bond donors (Lipinski definition) is 1. The number of fused-ring (bicyclic) bond motifs is 4. The standard InChI is InChI=1S/C23H27N3O2/c27-22-12-18(17-6-2-1-3-7-17)11-21-19-10-16(14-26(21)22)13-25(15-19)23(28)20-8-4-5-9-24-20/h1-3,6-7,11-12,16,19-20,24H,4-5,8-10,13-15H2/t16-,19+,20-/m0/s1. The second-order valence-electron chi connectivity index (χ2n) is 8.53. The quantitative estimate of drug-likeness (QED) is 0.875. The van der Waals surface area contributed by atoms with Crippen molar-refractivity contribution in [2.45, 2.75) is 44.2 Å². The number of nitrogens with one attached hydrogen (secondary N) is 1. The molecular formula is C23H27N3O2. The van der Waals surface area contributed by atoms with Crippen molar-refractivity contribution < 1.29 is 4.79 Å². The molecule has 0 spiro atoms. The summed E-state index contributed by atoms with van der Waals surface area (Å²) in [6.07, 6.45) is 4.30. The van der Waals surface area contributed by atoms with Crippen molar-refractivity contribution in [3.8, 4) is 11.1 Å². The molecule has 1 amide bonds. The summed E-state index contributed by atoms with van der Waals surface area (Å²) < 4.78 is 1.95. The summed E-state index contributed by atoms with van der Waals surface area (Å²) in [7, 11) is 0. The molecule has 1 aromatic carbocycles. The second kappa shape index (κ2) is 7.21. The molecule has 0 saturated carbocycles. The van der Waals surface area contributed by atoms with E-state index in [4.69, 9.17) is 0 Å². The van der Waals surface area contributed by atoms with Crippen molar-refractivity contribution in [2.75, 3.05) is 19.6 Å². The monoisotopic (exact) mass is 377 g/mol. The summed E-state index contributed by atoms with van der Waals surface area (Å²) in [5.41, 5.74) is 3.23. The van der Waals surface area contributed by atoms with E-state index in [1.165, 1.54) is 0 Å². The van der Waals surface area contributed by atoms with Crippen LogP contribution < -0.4 is 10.9 Å². The Balaban J connectivity index is 1.44. The molecule has 0 radical (unpaired) electrons. The molecule has 5 rings (SSSR count). The maximum absolute atomic E-state index is 13.0. The number of hydrogen-bond acceptors (Lipinski definition) is 3. The largest absolute Gasteiger partial charge is 0.340 e. The van der Waals surface area contributed by atoms with Crippen molar-refractivity contribution in [1.29, 1.82) is 0 Å². The predicted octanol–water partition coefficient (Wildman–Crippen LogP) is 2.60. The van der Waals surface area contributed by atoms with Gasteiger partial charge in [0.25, 0.3) is 5.56 Å². The van der Waals surface area contributed by atoms with Crippen molar-refractivity contribution >= 4 is 5.91 Å². The van der Waals surface area contributed by atoms with Gasteiger partial charge in [-0.1, -0.05) is 36.8 Å². The maximum Gasteiger partial charge on any atom is 0.251 e. The van der Waals surface area contributed by atoms with Crippen LogP contribution in [0.2, 0.25) is 0 Å². The maximum atomic E-state index is 13.0. The van der Waals surface area contributed by atoms with Crippen LogP contribution in [0.15, 0.2) is 47.3 Å². The van der Waals surface area contributed by atoms with E-state index in [9.17, 15) is 9.59 Å². The van der Waals surface area contributed by atoms with Crippen molar-refractivity contribution in [1.82, 2.24) is 14.8 Å². The third-order valence-corrected chi connectivity index (χ3v) is 6.58. The SMILES string of the molecule is O=C([C@@H]1CCCCN1)N1C[C@@H]2C[C@H](C1)c1cc(-c3ccccc3)cc(=O)n1C2. The zero-order valence-electron chi connectivity index (χ0n) is 16.1. The molecule has 3 atom stereocenters. The lowest BCUT2D eigenvalue weighted by Crippen LogP contribution is -2.55. The van der Waals surface area contributed by atoms with Gasteiger partial charge in [0.2, 0.25) is 5.91 Å². The molecule has 4 heterocycles. The Kier molecular flexibility index (Phi) is 4.55. The minimum atomic E-state index is -0.0228. The van der Waals surface area contributed by atoms with E-state index < -0.39 is 0 Å². The first-order valence-electron chi connectivity index (χ1n) is 10.5. The van der Waals surface area contributed by atoms with Crippen LogP contribution in [-0.2, 0) is 11.3 Å². The molecule has 2 aromatic rings. The molecule has 5 nitrogen and oxygen atoms in total. The summed E-state index contributed by atoms with van der Waals surface area (Å²) >= 11 is 0. The summed E-state index contributed by atoms with van der Waals surface area (Å²) in [5, 5.41) is 3.39. The molecule has 0 unspecified atom stereocenters. The van der Waals surface area contributed by atoms with Gasteiger partial charge in [0.05, 0.1) is 6.04 Å². The van der Waals surface area contributed by atoms with E-state index in [0.717, 1.165) is 68.7 Å². The molecule has 0 aliphatic carbocycles. The van der Waals surface area contributed by atoms with Gasteiger partial charge in [0, 0.05) is 37.3 Å². The Labute approximate surface area is 165 Å². The molecule has 146 valence electrons. The summed E-state index contributed by atoms with van der Waals surface area (Å²) in [4.78, 5) is 27.9. The molecule has 2 fully saturated rings. The molecule has 2 bridgehead atoms. The first kappa shape index (κ1) is 17.7. The smallest absolute Gasteiger partial charge is 0.251 e. The van der Waals surface area contributed by atoms with E-state index in [2.05, 4.69) is 16.3 Å². The highest BCUT2D eigenvalue weighted by Crippen LogP contribution is 2.37. The van der Waals surface area contributed by atoms with Crippen LogP contribution in [0.1, 0.15) is 37.3 Å². The highest BCUT2D eigenvalue weighted by molar-refractivity contribution is 5.82. The molecule has 2 saturated heterocycles. The van der Waals surface area contributed by atoms with Crippen LogP contribution in [0.5, 0.6) is 0 Å². The number of pyridine rings is 1. The van der Waals surface area contributed by atoms with Crippen molar-refractivity contribution in [2.24, 2.45) is 5.92 Å². The second-order valence-corrected chi connectivity index (χ2v) is 8.53. The Morgan fingerprint density at radius 2 is 1.86 bits per heavy atom. The minimum absolute atomic E-state index is 0.0228. The lowest BCUT2D eigenvalue weighted by Gasteiger charge is -2.44. The highest BCUT2D eigenvalue weighted by Gasteiger charge is 2.38. The van der Waals surface area contributed by atoms with E-state index in [-0.39, 0.29) is 23.4 Å². The number of nitrogens with zero attached hydrogens (tertiary/aromatic N) is 2. The minimum Gasteiger partial charge on any atom is -0.340 e. The number of benzene rings is 1. The predicted molar refractivity (Wildman–Crippen MR) is 109 cm³/mol.